The highest BCUT2D eigenvalue weighted by Gasteiger charge is 2.20. The van der Waals surface area contributed by atoms with E-state index in [-0.39, 0.29) is 11.7 Å². The number of nitrogens with zero attached hydrogens (tertiary/aromatic N) is 3. The normalized spacial score (nSPS) is 17.4. The van der Waals surface area contributed by atoms with Crippen LogP contribution in [0.1, 0.15) is 12.0 Å². The van der Waals surface area contributed by atoms with Gasteiger partial charge in [0.15, 0.2) is 0 Å². The van der Waals surface area contributed by atoms with Gasteiger partial charge in [-0.15, -0.1) is 0 Å². The predicted molar refractivity (Wildman–Crippen MR) is 100 cm³/mol. The van der Waals surface area contributed by atoms with Crippen LogP contribution in [0.25, 0.3) is 0 Å². The molecule has 0 aliphatic carbocycles. The first-order valence-electron chi connectivity index (χ1n) is 9.01. The summed E-state index contributed by atoms with van der Waals surface area (Å²) >= 11 is 0. The molecule has 2 N–H and O–H groups in total. The first-order chi connectivity index (χ1) is 12.8. The summed E-state index contributed by atoms with van der Waals surface area (Å²) in [4.78, 5) is 14.5. The van der Waals surface area contributed by atoms with E-state index in [4.69, 9.17) is 15.2 Å². The van der Waals surface area contributed by atoms with Crippen LogP contribution in [0.5, 0.6) is 0 Å². The van der Waals surface area contributed by atoms with Gasteiger partial charge in [0, 0.05) is 19.2 Å². The molecule has 1 saturated heterocycles. The molecule has 0 saturated carbocycles. The van der Waals surface area contributed by atoms with E-state index in [1.807, 2.05) is 30.3 Å². The van der Waals surface area contributed by atoms with Crippen LogP contribution in [0, 0.1) is 0 Å². The Bertz CT molecular complexity index is 733. The van der Waals surface area contributed by atoms with Gasteiger partial charge < -0.3 is 20.1 Å². The van der Waals surface area contributed by atoms with Crippen LogP contribution >= 0.6 is 0 Å². The van der Waals surface area contributed by atoms with Gasteiger partial charge in [-0.05, 0) is 18.5 Å². The van der Waals surface area contributed by atoms with Gasteiger partial charge in [0.25, 0.3) is 5.56 Å². The van der Waals surface area contributed by atoms with Crippen molar-refractivity contribution in [1.29, 1.82) is 0 Å². The standard InChI is InChI=1S/C19H26N4O3/c20-7-6-18-14-22(8-11-26-18)17-12-19(24)23(21-13-17)9-10-25-15-16-4-2-1-3-5-16/h1-5,12-13,18H,6-11,14-15,20H2/t18-/m1/s1. The van der Waals surface area contributed by atoms with Crippen molar-refractivity contribution in [3.63, 3.8) is 0 Å². The second-order valence-electron chi connectivity index (χ2n) is 6.33. The van der Waals surface area contributed by atoms with Crippen LogP contribution < -0.4 is 16.2 Å². The van der Waals surface area contributed by atoms with E-state index in [0.717, 1.165) is 30.8 Å². The Morgan fingerprint density at radius 3 is 2.92 bits per heavy atom. The smallest absolute Gasteiger partial charge is 0.268 e. The minimum atomic E-state index is -0.118. The summed E-state index contributed by atoms with van der Waals surface area (Å²) in [6, 6.07) is 11.6. The van der Waals surface area contributed by atoms with E-state index >= 15 is 0 Å². The molecule has 7 nitrogen and oxygen atoms in total. The van der Waals surface area contributed by atoms with Crippen LogP contribution in [-0.4, -0.2) is 48.7 Å². The summed E-state index contributed by atoms with van der Waals surface area (Å²) in [6.07, 6.45) is 2.67. The Hall–Kier alpha value is -2.22. The van der Waals surface area contributed by atoms with Crippen molar-refractivity contribution >= 4 is 5.69 Å². The first-order valence-corrected chi connectivity index (χ1v) is 9.01. The molecule has 0 unspecified atom stereocenters. The number of hydrogen-bond donors (Lipinski definition) is 1. The number of hydrogen-bond acceptors (Lipinski definition) is 6. The lowest BCUT2D eigenvalue weighted by Crippen LogP contribution is -2.44. The average molecular weight is 358 g/mol. The Morgan fingerprint density at radius 1 is 1.31 bits per heavy atom. The summed E-state index contributed by atoms with van der Waals surface area (Å²) in [5.41, 5.74) is 7.44. The maximum absolute atomic E-state index is 12.3. The van der Waals surface area contributed by atoms with Gasteiger partial charge in [0.05, 0.1) is 44.4 Å². The third-order valence-corrected chi connectivity index (χ3v) is 4.41. The van der Waals surface area contributed by atoms with Crippen molar-refractivity contribution in [1.82, 2.24) is 9.78 Å². The minimum absolute atomic E-state index is 0.113. The number of anilines is 1. The molecule has 0 bridgehead atoms. The highest BCUT2D eigenvalue weighted by Crippen LogP contribution is 2.16. The second-order valence-corrected chi connectivity index (χ2v) is 6.33. The molecular formula is C19H26N4O3. The third-order valence-electron chi connectivity index (χ3n) is 4.41. The Morgan fingerprint density at radius 2 is 2.15 bits per heavy atom. The fraction of sp³-hybridized carbons (Fsp3) is 0.474. The van der Waals surface area contributed by atoms with Gasteiger partial charge >= 0.3 is 0 Å². The maximum Gasteiger partial charge on any atom is 0.268 e. The lowest BCUT2D eigenvalue weighted by atomic mass is 10.2. The zero-order valence-electron chi connectivity index (χ0n) is 14.9. The fourth-order valence-electron chi connectivity index (χ4n) is 2.99. The molecule has 1 aliphatic heterocycles. The topological polar surface area (TPSA) is 82.6 Å². The summed E-state index contributed by atoms with van der Waals surface area (Å²) in [5.74, 6) is 0. The first kappa shape index (κ1) is 18.6. The molecule has 1 fully saturated rings. The number of ether oxygens (including phenoxy) is 2. The second kappa shape index (κ2) is 9.47. The van der Waals surface area contributed by atoms with Crippen LogP contribution in [-0.2, 0) is 22.6 Å². The van der Waals surface area contributed by atoms with Gasteiger partial charge in [-0.1, -0.05) is 30.3 Å². The Labute approximate surface area is 153 Å². The molecule has 3 rings (SSSR count). The van der Waals surface area contributed by atoms with Crippen LogP contribution in [0.3, 0.4) is 0 Å². The van der Waals surface area contributed by atoms with Crippen molar-refractivity contribution in [2.45, 2.75) is 25.7 Å². The van der Waals surface area contributed by atoms with E-state index in [1.54, 1.807) is 12.3 Å². The SMILES string of the molecule is NCC[C@@H]1CN(c2cnn(CCOCc3ccccc3)c(=O)c2)CCO1. The largest absolute Gasteiger partial charge is 0.375 e. The summed E-state index contributed by atoms with van der Waals surface area (Å²) in [6.45, 7) is 4.14. The molecule has 2 aromatic rings. The van der Waals surface area contributed by atoms with E-state index < -0.39 is 0 Å². The number of benzene rings is 1. The minimum Gasteiger partial charge on any atom is -0.375 e. The van der Waals surface area contributed by atoms with Gasteiger partial charge in [-0.3, -0.25) is 4.79 Å². The highest BCUT2D eigenvalue weighted by molar-refractivity contribution is 5.43. The monoisotopic (exact) mass is 358 g/mol. The fourth-order valence-corrected chi connectivity index (χ4v) is 2.99. The molecule has 0 spiro atoms. The van der Waals surface area contributed by atoms with Crippen molar-refractivity contribution < 1.29 is 9.47 Å². The van der Waals surface area contributed by atoms with Crippen LogP contribution in [0.15, 0.2) is 47.4 Å². The molecular weight excluding hydrogens is 332 g/mol. The molecule has 1 atom stereocenters. The van der Waals surface area contributed by atoms with E-state index in [9.17, 15) is 4.79 Å². The molecule has 0 radical (unpaired) electrons. The van der Waals surface area contributed by atoms with Gasteiger partial charge in [0.1, 0.15) is 0 Å². The zero-order valence-corrected chi connectivity index (χ0v) is 14.9. The average Bonchev–Trinajstić information content (AvgIpc) is 2.67. The number of nitrogens with two attached hydrogens (primary N) is 1. The third kappa shape index (κ3) is 5.14. The number of rotatable bonds is 8. The van der Waals surface area contributed by atoms with Crippen molar-refractivity contribution in [2.24, 2.45) is 5.73 Å². The van der Waals surface area contributed by atoms with E-state index in [0.29, 0.717) is 32.9 Å². The van der Waals surface area contributed by atoms with Crippen LogP contribution in [0.4, 0.5) is 5.69 Å². The molecule has 2 heterocycles. The molecule has 0 amide bonds. The lowest BCUT2D eigenvalue weighted by molar-refractivity contribution is 0.0368. The summed E-state index contributed by atoms with van der Waals surface area (Å²) in [7, 11) is 0. The van der Waals surface area contributed by atoms with Gasteiger partial charge in [0.2, 0.25) is 0 Å². The van der Waals surface area contributed by atoms with Crippen molar-refractivity contribution in [3.05, 3.63) is 58.5 Å². The van der Waals surface area contributed by atoms with E-state index in [1.165, 1.54) is 4.68 Å². The molecule has 1 aliphatic rings. The summed E-state index contributed by atoms with van der Waals surface area (Å²) < 4.78 is 12.7. The van der Waals surface area contributed by atoms with E-state index in [2.05, 4.69) is 10.00 Å². The molecule has 1 aromatic heterocycles. The van der Waals surface area contributed by atoms with Gasteiger partial charge in [-0.25, -0.2) is 4.68 Å². The van der Waals surface area contributed by atoms with Crippen molar-refractivity contribution in [2.75, 3.05) is 37.7 Å². The highest BCUT2D eigenvalue weighted by atomic mass is 16.5. The Kier molecular flexibility index (Phi) is 6.76. The number of aromatic nitrogens is 2. The van der Waals surface area contributed by atoms with Crippen molar-refractivity contribution in [3.8, 4) is 0 Å². The van der Waals surface area contributed by atoms with Crippen LogP contribution in [0.2, 0.25) is 0 Å². The molecule has 26 heavy (non-hydrogen) atoms. The lowest BCUT2D eigenvalue weighted by Gasteiger charge is -2.34. The molecule has 140 valence electrons. The zero-order chi connectivity index (χ0) is 18.2. The van der Waals surface area contributed by atoms with Gasteiger partial charge in [-0.2, -0.15) is 5.10 Å². The summed E-state index contributed by atoms with van der Waals surface area (Å²) in [5, 5.41) is 4.29. The predicted octanol–water partition coefficient (Wildman–Crippen LogP) is 1.01. The quantitative estimate of drug-likeness (QED) is 0.710. The Balaban J connectivity index is 1.51. The maximum atomic E-state index is 12.3. The molecule has 7 heteroatoms. The molecule has 1 aromatic carbocycles. The number of morpholine rings is 1.